The van der Waals surface area contributed by atoms with Crippen LogP contribution in [0.15, 0.2) is 23.1 Å². The number of benzene rings is 1. The van der Waals surface area contributed by atoms with E-state index in [1.807, 2.05) is 14.1 Å². The molecule has 1 atom stereocenters. The standard InChI is InChI=1S/C13H21FN4O2S/c1-17-3-4-18(2)12(9-17)8-16-21(19,20)13-6-10(14)5-11(15)7-13/h5-7,12,16H,3-4,8-9,15H2,1-2H3. The van der Waals surface area contributed by atoms with Crippen LogP contribution in [0.2, 0.25) is 0 Å². The maximum absolute atomic E-state index is 13.3. The van der Waals surface area contributed by atoms with E-state index in [4.69, 9.17) is 5.73 Å². The zero-order valence-electron chi connectivity index (χ0n) is 12.2. The third-order valence-electron chi connectivity index (χ3n) is 3.69. The predicted molar refractivity (Wildman–Crippen MR) is 79.9 cm³/mol. The third-order valence-corrected chi connectivity index (χ3v) is 5.10. The Morgan fingerprint density at radius 3 is 2.71 bits per heavy atom. The fourth-order valence-corrected chi connectivity index (χ4v) is 3.49. The highest BCUT2D eigenvalue weighted by Crippen LogP contribution is 2.16. The maximum atomic E-state index is 13.3. The summed E-state index contributed by atoms with van der Waals surface area (Å²) >= 11 is 0. The summed E-state index contributed by atoms with van der Waals surface area (Å²) in [5.41, 5.74) is 5.58. The van der Waals surface area contributed by atoms with E-state index < -0.39 is 15.8 Å². The maximum Gasteiger partial charge on any atom is 0.240 e. The Bertz CT molecular complexity index is 588. The number of sulfonamides is 1. The zero-order chi connectivity index (χ0) is 15.6. The number of hydrogen-bond acceptors (Lipinski definition) is 5. The van der Waals surface area contributed by atoms with Gasteiger partial charge in [0.25, 0.3) is 0 Å². The average molecular weight is 316 g/mol. The van der Waals surface area contributed by atoms with Gasteiger partial charge in [-0.2, -0.15) is 0 Å². The van der Waals surface area contributed by atoms with Gasteiger partial charge in [-0.1, -0.05) is 0 Å². The normalized spacial score (nSPS) is 21.6. The van der Waals surface area contributed by atoms with Gasteiger partial charge >= 0.3 is 0 Å². The van der Waals surface area contributed by atoms with Crippen molar-refractivity contribution in [3.8, 4) is 0 Å². The first-order valence-electron chi connectivity index (χ1n) is 6.72. The molecule has 0 amide bonds. The molecular weight excluding hydrogens is 295 g/mol. The number of nitrogens with two attached hydrogens (primary N) is 1. The van der Waals surface area contributed by atoms with Crippen LogP contribution in [0.4, 0.5) is 10.1 Å². The summed E-state index contributed by atoms with van der Waals surface area (Å²) < 4.78 is 40.2. The minimum atomic E-state index is -3.76. The second-order valence-corrected chi connectivity index (χ2v) is 7.24. The summed E-state index contributed by atoms with van der Waals surface area (Å²) in [5.74, 6) is -0.662. The van der Waals surface area contributed by atoms with Crippen molar-refractivity contribution in [3.05, 3.63) is 24.0 Å². The number of rotatable bonds is 4. The Hall–Kier alpha value is -1.22. The van der Waals surface area contributed by atoms with Crippen LogP contribution in [0.25, 0.3) is 0 Å². The van der Waals surface area contributed by atoms with Gasteiger partial charge < -0.3 is 10.6 Å². The number of anilines is 1. The molecule has 0 radical (unpaired) electrons. The number of hydrogen-bond donors (Lipinski definition) is 2. The summed E-state index contributed by atoms with van der Waals surface area (Å²) in [6.45, 7) is 2.90. The van der Waals surface area contributed by atoms with Crippen LogP contribution in [-0.4, -0.2) is 64.5 Å². The van der Waals surface area contributed by atoms with E-state index in [0.29, 0.717) is 0 Å². The minimum absolute atomic E-state index is 0.0874. The Balaban J connectivity index is 2.07. The fraction of sp³-hybridized carbons (Fsp3) is 0.538. The molecule has 0 aliphatic carbocycles. The molecule has 3 N–H and O–H groups in total. The number of nitrogens with zero attached hydrogens (tertiary/aromatic N) is 2. The van der Waals surface area contributed by atoms with Crippen molar-refractivity contribution in [1.82, 2.24) is 14.5 Å². The monoisotopic (exact) mass is 316 g/mol. The number of nitrogen functional groups attached to an aromatic ring is 1. The molecule has 1 fully saturated rings. The molecule has 6 nitrogen and oxygen atoms in total. The van der Waals surface area contributed by atoms with Gasteiger partial charge in [0.2, 0.25) is 10.0 Å². The summed E-state index contributed by atoms with van der Waals surface area (Å²) in [5, 5.41) is 0. The highest BCUT2D eigenvalue weighted by molar-refractivity contribution is 7.89. The third kappa shape index (κ3) is 4.13. The summed E-state index contributed by atoms with van der Waals surface area (Å²) in [7, 11) is 0.205. The topological polar surface area (TPSA) is 78.7 Å². The van der Waals surface area contributed by atoms with Gasteiger partial charge in [-0.3, -0.25) is 4.90 Å². The van der Waals surface area contributed by atoms with Gasteiger partial charge in [-0.05, 0) is 32.3 Å². The SMILES string of the molecule is CN1CCN(C)C(CNS(=O)(=O)c2cc(N)cc(F)c2)C1. The molecule has 1 aliphatic heterocycles. The Morgan fingerprint density at radius 1 is 1.33 bits per heavy atom. The average Bonchev–Trinajstić information content (AvgIpc) is 2.39. The van der Waals surface area contributed by atoms with Crippen molar-refractivity contribution < 1.29 is 12.8 Å². The Morgan fingerprint density at radius 2 is 2.05 bits per heavy atom. The molecule has 1 aromatic rings. The van der Waals surface area contributed by atoms with Crippen molar-refractivity contribution in [2.24, 2.45) is 0 Å². The fourth-order valence-electron chi connectivity index (χ4n) is 2.35. The lowest BCUT2D eigenvalue weighted by Gasteiger charge is -2.37. The van der Waals surface area contributed by atoms with Gasteiger partial charge in [-0.25, -0.2) is 17.5 Å². The zero-order valence-corrected chi connectivity index (χ0v) is 13.0. The molecule has 0 aromatic heterocycles. The lowest BCUT2D eigenvalue weighted by atomic mass is 10.2. The first kappa shape index (κ1) is 16.2. The lowest BCUT2D eigenvalue weighted by Crippen LogP contribution is -2.54. The summed E-state index contributed by atoms with van der Waals surface area (Å²) in [6.07, 6.45) is 0. The van der Waals surface area contributed by atoms with Crippen LogP contribution in [0, 0.1) is 5.82 Å². The van der Waals surface area contributed by atoms with Crippen molar-refractivity contribution >= 4 is 15.7 Å². The van der Waals surface area contributed by atoms with Crippen LogP contribution in [0.5, 0.6) is 0 Å². The molecule has 2 rings (SSSR count). The molecule has 0 bridgehead atoms. The van der Waals surface area contributed by atoms with E-state index in [1.165, 1.54) is 6.07 Å². The molecule has 1 saturated heterocycles. The number of halogens is 1. The van der Waals surface area contributed by atoms with Crippen LogP contribution in [-0.2, 0) is 10.0 Å². The van der Waals surface area contributed by atoms with Gasteiger partial charge in [0.15, 0.2) is 0 Å². The van der Waals surface area contributed by atoms with E-state index in [2.05, 4.69) is 14.5 Å². The summed E-state index contributed by atoms with van der Waals surface area (Å²) in [4.78, 5) is 4.12. The minimum Gasteiger partial charge on any atom is -0.399 e. The van der Waals surface area contributed by atoms with Gasteiger partial charge in [0.05, 0.1) is 4.90 Å². The molecule has 0 spiro atoms. The molecule has 8 heteroatoms. The second-order valence-electron chi connectivity index (χ2n) is 5.47. The summed E-state index contributed by atoms with van der Waals surface area (Å²) in [6, 6.07) is 3.39. The molecule has 1 heterocycles. The van der Waals surface area contributed by atoms with E-state index in [0.717, 1.165) is 31.8 Å². The number of likely N-dealkylation sites (N-methyl/N-ethyl adjacent to an activating group) is 2. The van der Waals surface area contributed by atoms with Crippen molar-refractivity contribution in [3.63, 3.8) is 0 Å². The van der Waals surface area contributed by atoms with Crippen LogP contribution < -0.4 is 10.5 Å². The predicted octanol–water partition coefficient (Wildman–Crippen LogP) is -0.0680. The molecule has 0 saturated carbocycles. The molecule has 118 valence electrons. The van der Waals surface area contributed by atoms with E-state index >= 15 is 0 Å². The van der Waals surface area contributed by atoms with Crippen molar-refractivity contribution in [2.75, 3.05) is 46.0 Å². The quantitative estimate of drug-likeness (QED) is 0.761. The number of piperazine rings is 1. The van der Waals surface area contributed by atoms with E-state index in [1.54, 1.807) is 0 Å². The van der Waals surface area contributed by atoms with Crippen molar-refractivity contribution in [1.29, 1.82) is 0 Å². The van der Waals surface area contributed by atoms with Crippen molar-refractivity contribution in [2.45, 2.75) is 10.9 Å². The molecule has 1 aliphatic rings. The second kappa shape index (κ2) is 6.27. The Labute approximate surface area is 124 Å². The van der Waals surface area contributed by atoms with Gasteiger partial charge in [0.1, 0.15) is 5.82 Å². The lowest BCUT2D eigenvalue weighted by molar-refractivity contribution is 0.117. The first-order chi connectivity index (χ1) is 9.78. The smallest absolute Gasteiger partial charge is 0.240 e. The van der Waals surface area contributed by atoms with Gasteiger partial charge in [0, 0.05) is 37.9 Å². The van der Waals surface area contributed by atoms with E-state index in [9.17, 15) is 12.8 Å². The van der Waals surface area contributed by atoms with Gasteiger partial charge in [-0.15, -0.1) is 0 Å². The molecule has 1 unspecified atom stereocenters. The number of nitrogens with one attached hydrogen (secondary N) is 1. The van der Waals surface area contributed by atoms with Crippen LogP contribution in [0.1, 0.15) is 0 Å². The largest absolute Gasteiger partial charge is 0.399 e. The Kier molecular flexibility index (Phi) is 4.82. The molecular formula is C13H21FN4O2S. The highest BCUT2D eigenvalue weighted by Gasteiger charge is 2.24. The van der Waals surface area contributed by atoms with E-state index in [-0.39, 0.29) is 23.2 Å². The molecule has 1 aromatic carbocycles. The highest BCUT2D eigenvalue weighted by atomic mass is 32.2. The van der Waals surface area contributed by atoms with Crippen LogP contribution >= 0.6 is 0 Å². The molecule has 21 heavy (non-hydrogen) atoms. The van der Waals surface area contributed by atoms with Crippen LogP contribution in [0.3, 0.4) is 0 Å². The first-order valence-corrected chi connectivity index (χ1v) is 8.21.